The molecule has 1 radical (unpaired) electrons. The monoisotopic (exact) mass is 245 g/mol. The summed E-state index contributed by atoms with van der Waals surface area (Å²) in [6.07, 6.45) is 6.73. The first-order chi connectivity index (χ1) is 7.39. The average Bonchev–Trinajstić information content (AvgIpc) is 2.16. The molecule has 1 aliphatic rings. The van der Waals surface area contributed by atoms with E-state index < -0.39 is 16.1 Å². The Morgan fingerprint density at radius 1 is 1.69 bits per heavy atom. The molecule has 1 heterocycles. The van der Waals surface area contributed by atoms with Gasteiger partial charge in [0.15, 0.2) is 0 Å². The second-order valence-electron chi connectivity index (χ2n) is 3.19. The SMILES string of the molecule is CS(=O)(=O)N1C=CC([CH]COC(N)=O)=CC1. The number of hydrogen-bond acceptors (Lipinski definition) is 4. The molecule has 0 unspecified atom stereocenters. The summed E-state index contributed by atoms with van der Waals surface area (Å²) in [6.45, 7) is 0.349. The second-order valence-corrected chi connectivity index (χ2v) is 5.12. The summed E-state index contributed by atoms with van der Waals surface area (Å²) in [6, 6.07) is 0. The van der Waals surface area contributed by atoms with Crippen LogP contribution < -0.4 is 5.73 Å². The minimum absolute atomic E-state index is 0.0738. The van der Waals surface area contributed by atoms with Gasteiger partial charge in [0.05, 0.1) is 12.8 Å². The number of carbonyl (C=O) groups excluding carboxylic acids is 1. The summed E-state index contributed by atoms with van der Waals surface area (Å²) in [5.74, 6) is 0. The van der Waals surface area contributed by atoms with Crippen molar-refractivity contribution >= 4 is 16.1 Å². The van der Waals surface area contributed by atoms with Crippen LogP contribution in [0.5, 0.6) is 0 Å². The molecule has 0 atom stereocenters. The highest BCUT2D eigenvalue weighted by molar-refractivity contribution is 7.88. The number of amides is 1. The van der Waals surface area contributed by atoms with E-state index in [1.165, 1.54) is 10.5 Å². The van der Waals surface area contributed by atoms with Gasteiger partial charge >= 0.3 is 6.09 Å². The summed E-state index contributed by atoms with van der Waals surface area (Å²) in [5.41, 5.74) is 5.57. The van der Waals surface area contributed by atoms with Crippen LogP contribution in [0.25, 0.3) is 0 Å². The van der Waals surface area contributed by atoms with E-state index >= 15 is 0 Å². The Balaban J connectivity index is 2.43. The Morgan fingerprint density at radius 2 is 2.38 bits per heavy atom. The molecule has 0 aromatic rings. The predicted molar refractivity (Wildman–Crippen MR) is 58.6 cm³/mol. The number of sulfonamides is 1. The molecule has 0 saturated heterocycles. The third kappa shape index (κ3) is 3.93. The third-order valence-electron chi connectivity index (χ3n) is 1.91. The van der Waals surface area contributed by atoms with Gasteiger partial charge in [0.25, 0.3) is 0 Å². The number of nitrogens with two attached hydrogens (primary N) is 1. The quantitative estimate of drug-likeness (QED) is 0.755. The van der Waals surface area contributed by atoms with Gasteiger partial charge in [0.2, 0.25) is 10.0 Å². The van der Waals surface area contributed by atoms with Crippen LogP contribution in [0.2, 0.25) is 0 Å². The molecule has 2 N–H and O–H groups in total. The van der Waals surface area contributed by atoms with Crippen molar-refractivity contribution < 1.29 is 17.9 Å². The number of ether oxygens (including phenoxy) is 1. The molecule has 0 spiro atoms. The zero-order chi connectivity index (χ0) is 12.2. The van der Waals surface area contributed by atoms with Crippen molar-refractivity contribution in [2.24, 2.45) is 5.73 Å². The van der Waals surface area contributed by atoms with E-state index in [1.807, 2.05) is 0 Å². The van der Waals surface area contributed by atoms with Crippen LogP contribution in [-0.4, -0.2) is 38.2 Å². The van der Waals surface area contributed by atoms with Crippen molar-refractivity contribution in [1.29, 1.82) is 0 Å². The van der Waals surface area contributed by atoms with E-state index in [2.05, 4.69) is 4.74 Å². The Bertz CT molecular complexity index is 425. The highest BCUT2D eigenvalue weighted by atomic mass is 32.2. The fourth-order valence-electron chi connectivity index (χ4n) is 1.11. The first kappa shape index (κ1) is 12.6. The largest absolute Gasteiger partial charge is 0.449 e. The van der Waals surface area contributed by atoms with Crippen molar-refractivity contribution in [3.05, 3.63) is 30.3 Å². The molecule has 1 amide bonds. The smallest absolute Gasteiger partial charge is 0.404 e. The maximum Gasteiger partial charge on any atom is 0.404 e. The molecule has 1 aliphatic heterocycles. The van der Waals surface area contributed by atoms with Gasteiger partial charge in [0, 0.05) is 12.6 Å². The number of allylic oxidation sites excluding steroid dienone is 1. The van der Waals surface area contributed by atoms with Crippen molar-refractivity contribution in [2.75, 3.05) is 19.4 Å². The molecule has 0 bridgehead atoms. The van der Waals surface area contributed by atoms with Crippen molar-refractivity contribution in [2.45, 2.75) is 0 Å². The molecule has 1 rings (SSSR count). The number of hydrogen-bond donors (Lipinski definition) is 1. The lowest BCUT2D eigenvalue weighted by Gasteiger charge is -2.19. The van der Waals surface area contributed by atoms with Crippen LogP contribution in [0.1, 0.15) is 0 Å². The maximum absolute atomic E-state index is 11.1. The van der Waals surface area contributed by atoms with Gasteiger partial charge in [-0.15, -0.1) is 0 Å². The predicted octanol–water partition coefficient (Wildman–Crippen LogP) is 0.00129. The zero-order valence-corrected chi connectivity index (χ0v) is 9.61. The number of nitrogens with zero attached hydrogens (tertiary/aromatic N) is 1. The highest BCUT2D eigenvalue weighted by Gasteiger charge is 2.13. The highest BCUT2D eigenvalue weighted by Crippen LogP contribution is 2.12. The molecule has 7 heteroatoms. The summed E-state index contributed by atoms with van der Waals surface area (Å²) in [7, 11) is -3.20. The Morgan fingerprint density at radius 3 is 2.81 bits per heavy atom. The fourth-order valence-corrected chi connectivity index (χ4v) is 1.74. The van der Waals surface area contributed by atoms with Crippen molar-refractivity contribution in [1.82, 2.24) is 4.31 Å². The van der Waals surface area contributed by atoms with Gasteiger partial charge in [-0.05, 0) is 11.6 Å². The summed E-state index contributed by atoms with van der Waals surface area (Å²) < 4.78 is 28.0. The summed E-state index contributed by atoms with van der Waals surface area (Å²) in [4.78, 5) is 10.3. The molecule has 89 valence electrons. The van der Waals surface area contributed by atoms with Gasteiger partial charge in [-0.25, -0.2) is 13.2 Å². The number of primary amides is 1. The lowest BCUT2D eigenvalue weighted by atomic mass is 10.1. The van der Waals surface area contributed by atoms with Gasteiger partial charge in [-0.3, -0.25) is 4.31 Å². The van der Waals surface area contributed by atoms with E-state index in [4.69, 9.17) is 5.73 Å². The normalized spacial score (nSPS) is 15.8. The molecule has 0 aromatic heterocycles. The first-order valence-corrected chi connectivity index (χ1v) is 6.35. The summed E-state index contributed by atoms with van der Waals surface area (Å²) in [5, 5.41) is 0. The topological polar surface area (TPSA) is 89.7 Å². The maximum atomic E-state index is 11.1. The second kappa shape index (κ2) is 5.02. The lowest BCUT2D eigenvalue weighted by Crippen LogP contribution is -2.26. The molecule has 0 aromatic carbocycles. The van der Waals surface area contributed by atoms with Gasteiger partial charge in [0.1, 0.15) is 6.61 Å². The molecule has 0 saturated carbocycles. The molecule has 0 aliphatic carbocycles. The van der Waals surface area contributed by atoms with Gasteiger partial charge < -0.3 is 10.5 Å². The Labute approximate surface area is 94.4 Å². The van der Waals surface area contributed by atoms with E-state index in [0.717, 1.165) is 11.8 Å². The van der Waals surface area contributed by atoms with Gasteiger partial charge in [-0.1, -0.05) is 6.08 Å². The van der Waals surface area contributed by atoms with E-state index in [0.29, 0.717) is 0 Å². The van der Waals surface area contributed by atoms with Crippen molar-refractivity contribution in [3.63, 3.8) is 0 Å². The molecule has 0 fully saturated rings. The summed E-state index contributed by atoms with van der Waals surface area (Å²) >= 11 is 0. The van der Waals surface area contributed by atoms with Crippen molar-refractivity contribution in [3.8, 4) is 0 Å². The molecule has 16 heavy (non-hydrogen) atoms. The minimum Gasteiger partial charge on any atom is -0.449 e. The van der Waals surface area contributed by atoms with Crippen LogP contribution in [0.4, 0.5) is 4.79 Å². The lowest BCUT2D eigenvalue weighted by molar-refractivity contribution is 0.166. The van der Waals surface area contributed by atoms with E-state index in [9.17, 15) is 13.2 Å². The molecule has 6 nitrogen and oxygen atoms in total. The van der Waals surface area contributed by atoms with E-state index in [-0.39, 0.29) is 13.2 Å². The minimum atomic E-state index is -3.20. The van der Waals surface area contributed by atoms with Crippen LogP contribution in [0.15, 0.2) is 23.9 Å². The number of carbonyl (C=O) groups is 1. The third-order valence-corrected chi connectivity index (χ3v) is 3.03. The van der Waals surface area contributed by atoms with Crippen LogP contribution >= 0.6 is 0 Å². The van der Waals surface area contributed by atoms with Gasteiger partial charge in [-0.2, -0.15) is 0 Å². The van der Waals surface area contributed by atoms with Crippen LogP contribution in [0, 0.1) is 6.42 Å². The first-order valence-electron chi connectivity index (χ1n) is 4.50. The zero-order valence-electron chi connectivity index (χ0n) is 8.79. The fraction of sp³-hybridized carbons (Fsp3) is 0.333. The number of rotatable bonds is 4. The standard InChI is InChI=1S/C9H13N2O4S/c1-16(13,14)11-5-2-8(3-6-11)4-7-15-9(10)12/h2-5H,6-7H2,1H3,(H2,10,12). The molecular formula is C9H13N2O4S. The van der Waals surface area contributed by atoms with Crippen LogP contribution in [-0.2, 0) is 14.8 Å². The van der Waals surface area contributed by atoms with E-state index in [1.54, 1.807) is 18.6 Å². The van der Waals surface area contributed by atoms with Crippen LogP contribution in [0.3, 0.4) is 0 Å². The molecular weight excluding hydrogens is 232 g/mol. The Kier molecular flexibility index (Phi) is 3.94. The average molecular weight is 245 g/mol. The Hall–Kier alpha value is -1.50.